The van der Waals surface area contributed by atoms with E-state index in [-0.39, 0.29) is 11.9 Å². The van der Waals surface area contributed by atoms with Crippen LogP contribution in [0.4, 0.5) is 5.69 Å². The number of carbonyl (C=O) groups excluding carboxylic acids is 1. The van der Waals surface area contributed by atoms with E-state index in [0.29, 0.717) is 12.1 Å². The zero-order valence-corrected chi connectivity index (χ0v) is 13.8. The Morgan fingerprint density at radius 3 is 2.50 bits per heavy atom. The van der Waals surface area contributed by atoms with Crippen LogP contribution < -0.4 is 10.6 Å². The van der Waals surface area contributed by atoms with Crippen molar-refractivity contribution >= 4 is 23.2 Å². The van der Waals surface area contributed by atoms with Crippen LogP contribution in [-0.2, 0) is 4.79 Å². The van der Waals surface area contributed by atoms with Crippen molar-refractivity contribution in [2.45, 2.75) is 50.7 Å². The Labute approximate surface area is 137 Å². The fraction of sp³-hybridized carbons (Fsp3) is 0.588. The van der Waals surface area contributed by atoms with E-state index < -0.39 is 0 Å². The number of anilines is 1. The summed E-state index contributed by atoms with van der Waals surface area (Å²) in [4.78, 5) is 14.4. The van der Waals surface area contributed by atoms with Gasteiger partial charge in [-0.3, -0.25) is 9.69 Å². The number of likely N-dealkylation sites (tertiary alicyclic amines) is 1. The molecule has 1 heterocycles. The van der Waals surface area contributed by atoms with Crippen LogP contribution in [-0.4, -0.2) is 42.0 Å². The molecular formula is C17H24ClN3O. The van der Waals surface area contributed by atoms with Crippen molar-refractivity contribution < 1.29 is 4.79 Å². The molecule has 120 valence electrons. The lowest BCUT2D eigenvalue weighted by atomic mass is 10.0. The van der Waals surface area contributed by atoms with E-state index in [4.69, 9.17) is 11.6 Å². The minimum atomic E-state index is -0.0261. The molecule has 5 heteroatoms. The highest BCUT2D eigenvalue weighted by molar-refractivity contribution is 6.33. The number of nitrogens with one attached hydrogen (secondary N) is 2. The zero-order chi connectivity index (χ0) is 15.5. The molecule has 1 aromatic carbocycles. The topological polar surface area (TPSA) is 44.4 Å². The Balaban J connectivity index is 1.47. The van der Waals surface area contributed by atoms with Crippen LogP contribution in [0.15, 0.2) is 24.3 Å². The van der Waals surface area contributed by atoms with Crippen LogP contribution in [0.3, 0.4) is 0 Å². The summed E-state index contributed by atoms with van der Waals surface area (Å²) in [5.41, 5.74) is 1.00. The van der Waals surface area contributed by atoms with Crippen molar-refractivity contribution in [2.75, 3.05) is 18.4 Å². The second kappa shape index (κ2) is 6.88. The van der Waals surface area contributed by atoms with Gasteiger partial charge in [0, 0.05) is 25.2 Å². The van der Waals surface area contributed by atoms with E-state index >= 15 is 0 Å². The van der Waals surface area contributed by atoms with Gasteiger partial charge in [0.15, 0.2) is 0 Å². The van der Waals surface area contributed by atoms with Crippen molar-refractivity contribution in [1.29, 1.82) is 0 Å². The van der Waals surface area contributed by atoms with Crippen LogP contribution in [0.5, 0.6) is 0 Å². The first kappa shape index (κ1) is 15.6. The SMILES string of the molecule is CC(C(=O)NC1CC1)N1CCC(Nc2ccccc2Cl)CC1. The van der Waals surface area contributed by atoms with Crippen molar-refractivity contribution in [3.63, 3.8) is 0 Å². The Kier molecular flexibility index (Phi) is 4.89. The van der Waals surface area contributed by atoms with E-state index in [2.05, 4.69) is 15.5 Å². The first-order valence-corrected chi connectivity index (χ1v) is 8.57. The Morgan fingerprint density at radius 2 is 1.86 bits per heavy atom. The van der Waals surface area contributed by atoms with Crippen LogP contribution >= 0.6 is 11.6 Å². The zero-order valence-electron chi connectivity index (χ0n) is 13.0. The van der Waals surface area contributed by atoms with Gasteiger partial charge in [0.05, 0.1) is 16.8 Å². The minimum Gasteiger partial charge on any atom is -0.381 e. The lowest BCUT2D eigenvalue weighted by molar-refractivity contribution is -0.126. The van der Waals surface area contributed by atoms with Gasteiger partial charge in [-0.2, -0.15) is 0 Å². The highest BCUT2D eigenvalue weighted by atomic mass is 35.5. The van der Waals surface area contributed by atoms with Crippen molar-refractivity contribution in [1.82, 2.24) is 10.2 Å². The molecule has 0 bridgehead atoms. The second-order valence-corrected chi connectivity index (χ2v) is 6.80. The molecule has 0 radical (unpaired) electrons. The molecule has 2 N–H and O–H groups in total. The number of carbonyl (C=O) groups is 1. The van der Waals surface area contributed by atoms with Gasteiger partial charge in [-0.15, -0.1) is 0 Å². The summed E-state index contributed by atoms with van der Waals surface area (Å²) in [7, 11) is 0. The third kappa shape index (κ3) is 3.93. The third-order valence-corrected chi connectivity index (χ3v) is 4.94. The highest BCUT2D eigenvalue weighted by Gasteiger charge is 2.30. The van der Waals surface area contributed by atoms with Crippen molar-refractivity contribution in [3.8, 4) is 0 Å². The highest BCUT2D eigenvalue weighted by Crippen LogP contribution is 2.25. The molecule has 1 saturated carbocycles. The van der Waals surface area contributed by atoms with Gasteiger partial charge in [0.1, 0.15) is 0 Å². The van der Waals surface area contributed by atoms with Crippen molar-refractivity contribution in [2.24, 2.45) is 0 Å². The summed E-state index contributed by atoms with van der Waals surface area (Å²) in [5.74, 6) is 0.181. The summed E-state index contributed by atoms with van der Waals surface area (Å²) in [6.45, 7) is 3.91. The molecule has 1 atom stereocenters. The Morgan fingerprint density at radius 1 is 1.18 bits per heavy atom. The average molecular weight is 322 g/mol. The summed E-state index contributed by atoms with van der Waals surface area (Å²) in [5, 5.41) is 7.38. The monoisotopic (exact) mass is 321 g/mol. The van der Waals surface area contributed by atoms with E-state index in [0.717, 1.165) is 49.5 Å². The molecule has 3 rings (SSSR count). The molecule has 1 aliphatic carbocycles. The molecule has 1 aliphatic heterocycles. The second-order valence-electron chi connectivity index (χ2n) is 6.39. The number of piperidine rings is 1. The molecule has 1 amide bonds. The molecule has 1 saturated heterocycles. The quantitative estimate of drug-likeness (QED) is 0.876. The predicted octanol–water partition coefficient (Wildman–Crippen LogP) is 2.88. The van der Waals surface area contributed by atoms with Crippen LogP contribution in [0.2, 0.25) is 5.02 Å². The molecule has 0 spiro atoms. The van der Waals surface area contributed by atoms with Crippen LogP contribution in [0.25, 0.3) is 0 Å². The lowest BCUT2D eigenvalue weighted by Crippen LogP contribution is -2.50. The first-order valence-electron chi connectivity index (χ1n) is 8.19. The molecule has 1 aromatic rings. The summed E-state index contributed by atoms with van der Waals surface area (Å²) >= 11 is 6.19. The van der Waals surface area contributed by atoms with Gasteiger partial charge in [-0.1, -0.05) is 23.7 Å². The number of hydrogen-bond acceptors (Lipinski definition) is 3. The normalized spacial score (nSPS) is 21.4. The number of hydrogen-bond donors (Lipinski definition) is 2. The Bertz CT molecular complexity index is 524. The molecule has 2 fully saturated rings. The van der Waals surface area contributed by atoms with E-state index in [1.807, 2.05) is 31.2 Å². The molecule has 0 aromatic heterocycles. The number of benzene rings is 1. The van der Waals surface area contributed by atoms with E-state index in [1.54, 1.807) is 0 Å². The fourth-order valence-electron chi connectivity index (χ4n) is 2.94. The first-order chi connectivity index (χ1) is 10.6. The van der Waals surface area contributed by atoms with Gasteiger partial charge < -0.3 is 10.6 Å². The summed E-state index contributed by atoms with van der Waals surface area (Å²) in [6.07, 6.45) is 4.35. The lowest BCUT2D eigenvalue weighted by Gasteiger charge is -2.36. The number of amides is 1. The number of rotatable bonds is 5. The van der Waals surface area contributed by atoms with Crippen LogP contribution in [0, 0.1) is 0 Å². The van der Waals surface area contributed by atoms with Gasteiger partial charge in [0.25, 0.3) is 0 Å². The number of nitrogens with zero attached hydrogens (tertiary/aromatic N) is 1. The van der Waals surface area contributed by atoms with E-state index in [9.17, 15) is 4.79 Å². The fourth-order valence-corrected chi connectivity index (χ4v) is 3.13. The molecule has 22 heavy (non-hydrogen) atoms. The van der Waals surface area contributed by atoms with E-state index in [1.165, 1.54) is 0 Å². The minimum absolute atomic E-state index is 0.0261. The van der Waals surface area contributed by atoms with Gasteiger partial charge in [-0.25, -0.2) is 0 Å². The van der Waals surface area contributed by atoms with Crippen molar-refractivity contribution in [3.05, 3.63) is 29.3 Å². The van der Waals surface area contributed by atoms with Gasteiger partial charge >= 0.3 is 0 Å². The van der Waals surface area contributed by atoms with Gasteiger partial charge in [0.2, 0.25) is 5.91 Å². The summed E-state index contributed by atoms with van der Waals surface area (Å²) < 4.78 is 0. The smallest absolute Gasteiger partial charge is 0.237 e. The standard InChI is InChI=1S/C17H24ClN3O/c1-12(17(22)20-13-6-7-13)21-10-8-14(9-11-21)19-16-5-3-2-4-15(16)18/h2-5,12-14,19H,6-11H2,1H3,(H,20,22). The summed E-state index contributed by atoms with van der Waals surface area (Å²) in [6, 6.07) is 8.69. The largest absolute Gasteiger partial charge is 0.381 e. The maximum Gasteiger partial charge on any atom is 0.237 e. The predicted molar refractivity (Wildman–Crippen MR) is 90.3 cm³/mol. The molecular weight excluding hydrogens is 298 g/mol. The van der Waals surface area contributed by atoms with Crippen LogP contribution in [0.1, 0.15) is 32.6 Å². The average Bonchev–Trinajstić information content (AvgIpc) is 3.33. The number of halogens is 1. The van der Waals surface area contributed by atoms with Gasteiger partial charge in [-0.05, 0) is 44.7 Å². The molecule has 2 aliphatic rings. The maximum absolute atomic E-state index is 12.1. The molecule has 4 nitrogen and oxygen atoms in total. The Hall–Kier alpha value is -1.26. The third-order valence-electron chi connectivity index (χ3n) is 4.61. The maximum atomic E-state index is 12.1. The molecule has 1 unspecified atom stereocenters. The number of para-hydroxylation sites is 1.